The van der Waals surface area contributed by atoms with Crippen LogP contribution in [0.4, 0.5) is 0 Å². The Kier molecular flexibility index (Phi) is 3.65. The summed E-state index contributed by atoms with van der Waals surface area (Å²) in [6, 6.07) is 10.2. The Morgan fingerprint density at radius 2 is 1.75 bits per heavy atom. The van der Waals surface area contributed by atoms with Crippen LogP contribution in [0.5, 0.6) is 0 Å². The summed E-state index contributed by atoms with van der Waals surface area (Å²) in [5.41, 5.74) is 0.506. The van der Waals surface area contributed by atoms with Gasteiger partial charge in [0.2, 0.25) is 0 Å². The van der Waals surface area contributed by atoms with Crippen LogP contribution >= 0.6 is 0 Å². The Bertz CT molecular complexity index is 313. The van der Waals surface area contributed by atoms with Crippen molar-refractivity contribution in [2.24, 2.45) is 5.92 Å². The molecule has 1 aliphatic carbocycles. The molecule has 1 aromatic rings. The minimum Gasteiger partial charge on any atom is -0.385 e. The molecule has 1 heteroatoms. The summed E-state index contributed by atoms with van der Waals surface area (Å²) >= 11 is 0. The first-order chi connectivity index (χ1) is 7.77. The number of aliphatic hydroxyl groups is 1. The van der Waals surface area contributed by atoms with Crippen LogP contribution in [-0.2, 0) is 5.60 Å². The standard InChI is InChI=1S/C15H22O/c1-2-15(16,13-9-5-3-6-10-13)14-11-7-4-8-12-14/h3,5-6,9-10,14,16H,2,4,7-8,11-12H2,1H3/t15-/m1/s1. The van der Waals surface area contributed by atoms with Gasteiger partial charge in [-0.3, -0.25) is 0 Å². The summed E-state index contributed by atoms with van der Waals surface area (Å²) in [5.74, 6) is 0.452. The zero-order chi connectivity index (χ0) is 11.4. The lowest BCUT2D eigenvalue weighted by molar-refractivity contribution is -0.0421. The third-order valence-corrected chi connectivity index (χ3v) is 4.09. The molecule has 0 bridgehead atoms. The number of hydrogen-bond donors (Lipinski definition) is 1. The van der Waals surface area contributed by atoms with Crippen molar-refractivity contribution >= 4 is 0 Å². The van der Waals surface area contributed by atoms with Crippen LogP contribution < -0.4 is 0 Å². The van der Waals surface area contributed by atoms with Gasteiger partial charge in [0.1, 0.15) is 0 Å². The molecular formula is C15H22O. The average molecular weight is 218 g/mol. The summed E-state index contributed by atoms with van der Waals surface area (Å²) in [6.45, 7) is 2.10. The van der Waals surface area contributed by atoms with Gasteiger partial charge >= 0.3 is 0 Å². The molecule has 16 heavy (non-hydrogen) atoms. The Labute approximate surface area is 98.5 Å². The van der Waals surface area contributed by atoms with Crippen LogP contribution in [0.15, 0.2) is 30.3 Å². The lowest BCUT2D eigenvalue weighted by atomic mass is 9.72. The maximum Gasteiger partial charge on any atom is 0.0921 e. The summed E-state index contributed by atoms with van der Waals surface area (Å²) in [4.78, 5) is 0. The first kappa shape index (κ1) is 11.7. The molecule has 0 saturated heterocycles. The van der Waals surface area contributed by atoms with Crippen molar-refractivity contribution in [1.29, 1.82) is 0 Å². The van der Waals surface area contributed by atoms with Gasteiger partial charge in [-0.15, -0.1) is 0 Å². The van der Waals surface area contributed by atoms with Crippen molar-refractivity contribution in [1.82, 2.24) is 0 Å². The van der Waals surface area contributed by atoms with E-state index in [1.165, 1.54) is 32.1 Å². The van der Waals surface area contributed by atoms with E-state index < -0.39 is 5.60 Å². The second kappa shape index (κ2) is 5.01. The van der Waals surface area contributed by atoms with Crippen LogP contribution in [0.1, 0.15) is 51.0 Å². The predicted octanol–water partition coefficient (Wildman–Crippen LogP) is 3.86. The maximum absolute atomic E-state index is 10.9. The van der Waals surface area contributed by atoms with E-state index in [4.69, 9.17) is 0 Å². The summed E-state index contributed by atoms with van der Waals surface area (Å²) < 4.78 is 0. The van der Waals surface area contributed by atoms with E-state index in [0.717, 1.165) is 12.0 Å². The lowest BCUT2D eigenvalue weighted by Crippen LogP contribution is -2.35. The zero-order valence-electron chi connectivity index (χ0n) is 10.2. The second-order valence-electron chi connectivity index (χ2n) is 4.98. The number of hydrogen-bond acceptors (Lipinski definition) is 1. The first-order valence-electron chi connectivity index (χ1n) is 6.55. The molecule has 2 rings (SSSR count). The highest BCUT2D eigenvalue weighted by molar-refractivity contribution is 5.23. The summed E-state index contributed by atoms with van der Waals surface area (Å²) in [7, 11) is 0. The van der Waals surface area contributed by atoms with Crippen LogP contribution in [0, 0.1) is 5.92 Å². The average Bonchev–Trinajstić information content (AvgIpc) is 2.40. The predicted molar refractivity (Wildman–Crippen MR) is 67.2 cm³/mol. The molecule has 1 N–H and O–H groups in total. The number of rotatable bonds is 3. The van der Waals surface area contributed by atoms with Gasteiger partial charge in [0.15, 0.2) is 0 Å². The lowest BCUT2D eigenvalue weighted by Gasteiger charge is -2.38. The van der Waals surface area contributed by atoms with E-state index in [-0.39, 0.29) is 0 Å². The fourth-order valence-electron chi connectivity index (χ4n) is 3.04. The van der Waals surface area contributed by atoms with E-state index >= 15 is 0 Å². The first-order valence-corrected chi connectivity index (χ1v) is 6.55. The topological polar surface area (TPSA) is 20.2 Å². The molecule has 1 aliphatic rings. The molecule has 0 radical (unpaired) electrons. The molecule has 0 unspecified atom stereocenters. The van der Waals surface area contributed by atoms with Gasteiger partial charge < -0.3 is 5.11 Å². The van der Waals surface area contributed by atoms with Crippen molar-refractivity contribution in [3.05, 3.63) is 35.9 Å². The van der Waals surface area contributed by atoms with Gasteiger partial charge in [-0.05, 0) is 30.7 Å². The van der Waals surface area contributed by atoms with Crippen molar-refractivity contribution < 1.29 is 5.11 Å². The quantitative estimate of drug-likeness (QED) is 0.816. The summed E-state index contributed by atoms with van der Waals surface area (Å²) in [6.07, 6.45) is 7.07. The largest absolute Gasteiger partial charge is 0.385 e. The molecule has 1 nitrogen and oxygen atoms in total. The molecule has 0 aliphatic heterocycles. The SMILES string of the molecule is CC[C@@](O)(c1ccccc1)C1CCCCC1. The van der Waals surface area contributed by atoms with Crippen molar-refractivity contribution in [2.45, 2.75) is 51.0 Å². The van der Waals surface area contributed by atoms with Gasteiger partial charge in [0.05, 0.1) is 5.60 Å². The van der Waals surface area contributed by atoms with E-state index in [2.05, 4.69) is 19.1 Å². The molecule has 0 aromatic heterocycles. The fraction of sp³-hybridized carbons (Fsp3) is 0.600. The van der Waals surface area contributed by atoms with Crippen LogP contribution in [0.25, 0.3) is 0 Å². The van der Waals surface area contributed by atoms with Gasteiger partial charge in [-0.1, -0.05) is 56.5 Å². The van der Waals surface area contributed by atoms with Crippen molar-refractivity contribution in [2.75, 3.05) is 0 Å². The van der Waals surface area contributed by atoms with Gasteiger partial charge in [-0.2, -0.15) is 0 Å². The van der Waals surface area contributed by atoms with E-state index in [9.17, 15) is 5.11 Å². The highest BCUT2D eigenvalue weighted by atomic mass is 16.3. The van der Waals surface area contributed by atoms with Gasteiger partial charge in [0, 0.05) is 0 Å². The van der Waals surface area contributed by atoms with E-state index in [1.54, 1.807) is 0 Å². The van der Waals surface area contributed by atoms with E-state index in [0.29, 0.717) is 5.92 Å². The van der Waals surface area contributed by atoms with Crippen LogP contribution in [0.2, 0.25) is 0 Å². The summed E-state index contributed by atoms with van der Waals surface area (Å²) in [5, 5.41) is 10.9. The van der Waals surface area contributed by atoms with Gasteiger partial charge in [0.25, 0.3) is 0 Å². The molecule has 0 heterocycles. The smallest absolute Gasteiger partial charge is 0.0921 e. The molecule has 1 saturated carbocycles. The Morgan fingerprint density at radius 1 is 1.12 bits per heavy atom. The zero-order valence-corrected chi connectivity index (χ0v) is 10.2. The third-order valence-electron chi connectivity index (χ3n) is 4.09. The molecule has 0 amide bonds. The molecule has 88 valence electrons. The molecular weight excluding hydrogens is 196 g/mol. The van der Waals surface area contributed by atoms with Crippen molar-refractivity contribution in [3.8, 4) is 0 Å². The molecule has 1 atom stereocenters. The Balaban J connectivity index is 2.24. The Morgan fingerprint density at radius 3 is 2.31 bits per heavy atom. The van der Waals surface area contributed by atoms with Gasteiger partial charge in [-0.25, -0.2) is 0 Å². The monoisotopic (exact) mass is 218 g/mol. The van der Waals surface area contributed by atoms with E-state index in [1.807, 2.05) is 18.2 Å². The molecule has 0 spiro atoms. The highest BCUT2D eigenvalue weighted by Crippen LogP contribution is 2.41. The maximum atomic E-state index is 10.9. The minimum absolute atomic E-state index is 0.452. The van der Waals surface area contributed by atoms with Crippen molar-refractivity contribution in [3.63, 3.8) is 0 Å². The molecule has 1 aromatic carbocycles. The fourth-order valence-corrected chi connectivity index (χ4v) is 3.04. The minimum atomic E-state index is -0.596. The highest BCUT2D eigenvalue weighted by Gasteiger charge is 2.36. The van der Waals surface area contributed by atoms with Crippen LogP contribution in [0.3, 0.4) is 0 Å². The second-order valence-corrected chi connectivity index (χ2v) is 4.98. The molecule has 1 fully saturated rings. The Hall–Kier alpha value is -0.820. The van der Waals surface area contributed by atoms with Crippen LogP contribution in [-0.4, -0.2) is 5.11 Å². The normalized spacial score (nSPS) is 21.6. The third kappa shape index (κ3) is 2.15. The number of benzene rings is 1.